The molecule has 0 aromatic carbocycles. The zero-order chi connectivity index (χ0) is 9.95. The van der Waals surface area contributed by atoms with E-state index in [1.807, 2.05) is 6.92 Å². The Kier molecular flexibility index (Phi) is 3.81. The summed E-state index contributed by atoms with van der Waals surface area (Å²) in [6.45, 7) is 2.02. The second-order valence-electron chi connectivity index (χ2n) is 4.08. The van der Waals surface area contributed by atoms with Crippen LogP contribution >= 0.6 is 15.9 Å². The minimum atomic E-state index is -2.78. The molecule has 0 unspecified atom stereocenters. The van der Waals surface area contributed by atoms with Crippen LogP contribution in [-0.2, 0) is 9.84 Å². The summed E-state index contributed by atoms with van der Waals surface area (Å²) < 4.78 is 23.2. The van der Waals surface area contributed by atoms with Crippen LogP contribution in [0.1, 0.15) is 32.6 Å². The molecule has 0 saturated heterocycles. The molecule has 1 rings (SSSR count). The maximum Gasteiger partial charge on any atom is 0.150 e. The third kappa shape index (κ3) is 3.58. The summed E-state index contributed by atoms with van der Waals surface area (Å²) in [5.41, 5.74) is 0.104. The highest BCUT2D eigenvalue weighted by Gasteiger charge is 2.44. The quantitative estimate of drug-likeness (QED) is 0.694. The lowest BCUT2D eigenvalue weighted by Gasteiger charge is -2.11. The van der Waals surface area contributed by atoms with Gasteiger partial charge in [0.1, 0.15) is 0 Å². The number of hydrogen-bond donors (Lipinski definition) is 0. The lowest BCUT2D eigenvalue weighted by molar-refractivity contribution is 0.569. The first-order chi connectivity index (χ1) is 6.04. The average molecular weight is 269 g/mol. The van der Waals surface area contributed by atoms with Crippen LogP contribution in [0, 0.1) is 5.41 Å². The molecule has 0 heterocycles. The first kappa shape index (κ1) is 11.5. The van der Waals surface area contributed by atoms with Crippen molar-refractivity contribution in [1.82, 2.24) is 0 Å². The fourth-order valence-electron chi connectivity index (χ4n) is 1.40. The van der Waals surface area contributed by atoms with E-state index < -0.39 is 9.84 Å². The highest BCUT2D eigenvalue weighted by atomic mass is 79.9. The van der Waals surface area contributed by atoms with E-state index in [4.69, 9.17) is 0 Å². The van der Waals surface area contributed by atoms with Gasteiger partial charge >= 0.3 is 0 Å². The zero-order valence-electron chi connectivity index (χ0n) is 8.05. The van der Waals surface area contributed by atoms with E-state index in [2.05, 4.69) is 15.9 Å². The first-order valence-electron chi connectivity index (χ1n) is 4.80. The molecule has 13 heavy (non-hydrogen) atoms. The van der Waals surface area contributed by atoms with Crippen LogP contribution < -0.4 is 0 Å². The summed E-state index contributed by atoms with van der Waals surface area (Å²) in [5.74, 6) is 0.767. The van der Waals surface area contributed by atoms with Gasteiger partial charge in [-0.3, -0.25) is 0 Å². The third-order valence-electron chi connectivity index (χ3n) is 2.58. The fraction of sp³-hybridized carbons (Fsp3) is 1.00. The second kappa shape index (κ2) is 4.30. The van der Waals surface area contributed by atoms with Crippen LogP contribution in [0.5, 0.6) is 0 Å². The molecule has 1 aliphatic carbocycles. The van der Waals surface area contributed by atoms with E-state index >= 15 is 0 Å². The van der Waals surface area contributed by atoms with Gasteiger partial charge in [0.2, 0.25) is 0 Å². The zero-order valence-corrected chi connectivity index (χ0v) is 10.5. The van der Waals surface area contributed by atoms with Crippen molar-refractivity contribution in [2.24, 2.45) is 5.41 Å². The minimum absolute atomic E-state index is 0.104. The van der Waals surface area contributed by atoms with Crippen molar-refractivity contribution in [2.75, 3.05) is 16.8 Å². The normalized spacial score (nSPS) is 20.2. The van der Waals surface area contributed by atoms with E-state index in [-0.39, 0.29) is 5.41 Å². The maximum atomic E-state index is 11.6. The number of sulfone groups is 1. The Balaban J connectivity index is 2.43. The molecule has 0 radical (unpaired) electrons. The fourth-order valence-corrected chi connectivity index (χ4v) is 4.61. The Morgan fingerprint density at radius 3 is 2.38 bits per heavy atom. The Morgan fingerprint density at radius 2 is 2.00 bits per heavy atom. The number of rotatable bonds is 6. The van der Waals surface area contributed by atoms with E-state index in [9.17, 15) is 8.42 Å². The molecule has 1 saturated carbocycles. The maximum absolute atomic E-state index is 11.6. The monoisotopic (exact) mass is 268 g/mol. The molecule has 4 heteroatoms. The third-order valence-corrected chi connectivity index (χ3v) is 5.73. The molecule has 0 aliphatic heterocycles. The molecule has 1 aliphatic rings. The summed E-state index contributed by atoms with van der Waals surface area (Å²) in [4.78, 5) is 0. The molecule has 0 N–H and O–H groups in total. The van der Waals surface area contributed by atoms with Gasteiger partial charge in [0.15, 0.2) is 9.84 Å². The lowest BCUT2D eigenvalue weighted by atomic mass is 10.2. The van der Waals surface area contributed by atoms with Crippen LogP contribution in [-0.4, -0.2) is 25.3 Å². The average Bonchev–Trinajstić information content (AvgIpc) is 2.81. The van der Waals surface area contributed by atoms with Crippen molar-refractivity contribution in [3.63, 3.8) is 0 Å². The van der Waals surface area contributed by atoms with E-state index in [1.165, 1.54) is 0 Å². The summed E-state index contributed by atoms with van der Waals surface area (Å²) in [5, 5.41) is 0.839. The van der Waals surface area contributed by atoms with Crippen LogP contribution in [0.3, 0.4) is 0 Å². The Labute approximate surface area is 89.1 Å². The summed E-state index contributed by atoms with van der Waals surface area (Å²) in [7, 11) is -2.78. The number of hydrogen-bond acceptors (Lipinski definition) is 2. The van der Waals surface area contributed by atoms with Gasteiger partial charge in [-0.25, -0.2) is 8.42 Å². The van der Waals surface area contributed by atoms with Gasteiger partial charge in [0, 0.05) is 5.33 Å². The van der Waals surface area contributed by atoms with Crippen molar-refractivity contribution in [2.45, 2.75) is 32.6 Å². The molecule has 0 bridgehead atoms. The van der Waals surface area contributed by atoms with Crippen LogP contribution in [0.25, 0.3) is 0 Å². The van der Waals surface area contributed by atoms with Gasteiger partial charge < -0.3 is 0 Å². The van der Waals surface area contributed by atoms with Gasteiger partial charge in [-0.05, 0) is 24.7 Å². The summed E-state index contributed by atoms with van der Waals surface area (Å²) in [6, 6.07) is 0. The Morgan fingerprint density at radius 1 is 1.38 bits per heavy atom. The van der Waals surface area contributed by atoms with Crippen molar-refractivity contribution in [3.8, 4) is 0 Å². The summed E-state index contributed by atoms with van der Waals surface area (Å²) >= 11 is 3.39. The van der Waals surface area contributed by atoms with Gasteiger partial charge in [-0.15, -0.1) is 0 Å². The van der Waals surface area contributed by atoms with Crippen LogP contribution in [0.4, 0.5) is 0 Å². The van der Waals surface area contributed by atoms with E-state index in [1.54, 1.807) is 0 Å². The van der Waals surface area contributed by atoms with Gasteiger partial charge in [-0.2, -0.15) is 0 Å². The van der Waals surface area contributed by atoms with Crippen LogP contribution in [0.2, 0.25) is 0 Å². The van der Waals surface area contributed by atoms with Gasteiger partial charge in [0.05, 0.1) is 11.5 Å². The molecule has 0 atom stereocenters. The van der Waals surface area contributed by atoms with Gasteiger partial charge in [-0.1, -0.05) is 29.3 Å². The molecule has 1 fully saturated rings. The summed E-state index contributed by atoms with van der Waals surface area (Å²) in [6.07, 6.45) is 3.91. The van der Waals surface area contributed by atoms with E-state index in [0.29, 0.717) is 11.5 Å². The molecule has 0 aromatic heterocycles. The predicted octanol–water partition coefficient (Wildman–Crippen LogP) is 2.38. The number of halogens is 1. The van der Waals surface area contributed by atoms with Crippen molar-refractivity contribution < 1.29 is 8.42 Å². The second-order valence-corrected chi connectivity index (χ2v) is 6.82. The molecular formula is C9H17BrO2S. The topological polar surface area (TPSA) is 34.1 Å². The molecule has 78 valence electrons. The Bertz CT molecular complexity index is 255. The van der Waals surface area contributed by atoms with Crippen molar-refractivity contribution in [3.05, 3.63) is 0 Å². The lowest BCUT2D eigenvalue weighted by Crippen LogP contribution is -2.21. The highest BCUT2D eigenvalue weighted by Crippen LogP contribution is 2.48. The molecule has 0 amide bonds. The SMILES string of the molecule is CCCCS(=O)(=O)CC1(CBr)CC1. The van der Waals surface area contributed by atoms with Crippen molar-refractivity contribution in [1.29, 1.82) is 0 Å². The highest BCUT2D eigenvalue weighted by molar-refractivity contribution is 9.09. The largest absolute Gasteiger partial charge is 0.229 e. The predicted molar refractivity (Wildman–Crippen MR) is 59.0 cm³/mol. The smallest absolute Gasteiger partial charge is 0.150 e. The molecular weight excluding hydrogens is 252 g/mol. The van der Waals surface area contributed by atoms with Crippen molar-refractivity contribution >= 4 is 25.8 Å². The van der Waals surface area contributed by atoms with Crippen LogP contribution in [0.15, 0.2) is 0 Å². The molecule has 0 spiro atoms. The number of unbranched alkanes of at least 4 members (excludes halogenated alkanes) is 1. The molecule has 2 nitrogen and oxygen atoms in total. The molecule has 0 aromatic rings. The van der Waals surface area contributed by atoms with E-state index in [0.717, 1.165) is 31.0 Å². The first-order valence-corrected chi connectivity index (χ1v) is 7.74. The number of alkyl halides is 1. The minimum Gasteiger partial charge on any atom is -0.229 e. The van der Waals surface area contributed by atoms with Gasteiger partial charge in [0.25, 0.3) is 0 Å². The standard InChI is InChI=1S/C9H17BrO2S/c1-2-3-6-13(11,12)8-9(7-10)4-5-9/h2-8H2,1H3. The Hall–Kier alpha value is 0.430.